The van der Waals surface area contributed by atoms with Crippen molar-refractivity contribution < 1.29 is 9.59 Å². The summed E-state index contributed by atoms with van der Waals surface area (Å²) in [6.45, 7) is 1.98. The summed E-state index contributed by atoms with van der Waals surface area (Å²) in [6.07, 6.45) is 1.00. The van der Waals surface area contributed by atoms with Crippen molar-refractivity contribution in [2.75, 3.05) is 7.05 Å². The highest BCUT2D eigenvalue weighted by Gasteiger charge is 2.29. The standard InChI is InChI=1S/C13H15NO2/c1-8-4-3-5-10-11(8)6-9(7-12(10)15)13(16)14-2/h3-5,9H,6-7H2,1-2H3,(H,14,16). The van der Waals surface area contributed by atoms with Crippen LogP contribution in [0, 0.1) is 12.8 Å². The molecule has 3 nitrogen and oxygen atoms in total. The molecule has 3 heteroatoms. The number of rotatable bonds is 1. The Balaban J connectivity index is 2.39. The lowest BCUT2D eigenvalue weighted by Gasteiger charge is -2.23. The maximum atomic E-state index is 11.9. The van der Waals surface area contributed by atoms with E-state index in [1.54, 1.807) is 7.05 Å². The fourth-order valence-corrected chi connectivity index (χ4v) is 2.28. The Hall–Kier alpha value is -1.64. The summed E-state index contributed by atoms with van der Waals surface area (Å²) in [6, 6.07) is 5.73. The zero-order valence-electron chi connectivity index (χ0n) is 9.54. The Labute approximate surface area is 94.9 Å². The number of carbonyl (C=O) groups is 2. The Bertz CT molecular complexity index is 451. The minimum absolute atomic E-state index is 0.0396. The van der Waals surface area contributed by atoms with Crippen LogP contribution in [0.5, 0.6) is 0 Å². The monoisotopic (exact) mass is 217 g/mol. The van der Waals surface area contributed by atoms with Crippen LogP contribution in [0.4, 0.5) is 0 Å². The summed E-state index contributed by atoms with van der Waals surface area (Å²) in [5, 5.41) is 2.61. The molecule has 0 bridgehead atoms. The number of hydrogen-bond donors (Lipinski definition) is 1. The van der Waals surface area contributed by atoms with Gasteiger partial charge in [-0.3, -0.25) is 9.59 Å². The van der Waals surface area contributed by atoms with Gasteiger partial charge in [-0.15, -0.1) is 0 Å². The molecule has 2 rings (SSSR count). The molecule has 16 heavy (non-hydrogen) atoms. The summed E-state index contributed by atoms with van der Waals surface area (Å²) in [7, 11) is 1.61. The number of Topliss-reactive ketones (excluding diaryl/α,β-unsaturated/α-hetero) is 1. The zero-order chi connectivity index (χ0) is 11.7. The van der Waals surface area contributed by atoms with Gasteiger partial charge in [-0.2, -0.15) is 0 Å². The van der Waals surface area contributed by atoms with Crippen molar-refractivity contribution in [2.24, 2.45) is 5.92 Å². The predicted molar refractivity (Wildman–Crippen MR) is 61.4 cm³/mol. The molecule has 0 aromatic heterocycles. The van der Waals surface area contributed by atoms with Gasteiger partial charge in [-0.25, -0.2) is 0 Å². The normalized spacial score (nSPS) is 19.1. The minimum atomic E-state index is -0.203. The van der Waals surface area contributed by atoms with Crippen molar-refractivity contribution in [3.05, 3.63) is 34.9 Å². The third-order valence-corrected chi connectivity index (χ3v) is 3.21. The highest BCUT2D eigenvalue weighted by molar-refractivity contribution is 6.01. The Kier molecular flexibility index (Phi) is 2.77. The maximum Gasteiger partial charge on any atom is 0.223 e. The zero-order valence-corrected chi connectivity index (χ0v) is 9.54. The Morgan fingerprint density at radius 2 is 2.12 bits per heavy atom. The van der Waals surface area contributed by atoms with E-state index in [9.17, 15) is 9.59 Å². The molecule has 0 saturated carbocycles. The number of nitrogens with one attached hydrogen (secondary N) is 1. The van der Waals surface area contributed by atoms with Gasteiger partial charge in [-0.05, 0) is 24.5 Å². The van der Waals surface area contributed by atoms with Crippen LogP contribution in [0.15, 0.2) is 18.2 Å². The second-order valence-corrected chi connectivity index (χ2v) is 4.24. The molecule has 1 aliphatic rings. The van der Waals surface area contributed by atoms with E-state index in [2.05, 4.69) is 5.32 Å². The van der Waals surface area contributed by atoms with E-state index in [4.69, 9.17) is 0 Å². The van der Waals surface area contributed by atoms with Crippen molar-refractivity contribution in [2.45, 2.75) is 19.8 Å². The van der Waals surface area contributed by atoms with Crippen LogP contribution in [-0.4, -0.2) is 18.7 Å². The molecule has 1 amide bonds. The smallest absolute Gasteiger partial charge is 0.223 e. The third kappa shape index (κ3) is 1.73. The number of aryl methyl sites for hydroxylation is 1. The van der Waals surface area contributed by atoms with Crippen molar-refractivity contribution in [1.29, 1.82) is 0 Å². The Morgan fingerprint density at radius 3 is 2.81 bits per heavy atom. The second kappa shape index (κ2) is 4.08. The van der Waals surface area contributed by atoms with Gasteiger partial charge >= 0.3 is 0 Å². The lowest BCUT2D eigenvalue weighted by Crippen LogP contribution is -2.34. The molecular formula is C13H15NO2. The van der Waals surface area contributed by atoms with E-state index >= 15 is 0 Å². The van der Waals surface area contributed by atoms with E-state index < -0.39 is 0 Å². The molecule has 1 aromatic rings. The number of fused-ring (bicyclic) bond motifs is 1. The van der Waals surface area contributed by atoms with E-state index in [0.717, 1.165) is 16.7 Å². The van der Waals surface area contributed by atoms with E-state index in [0.29, 0.717) is 12.8 Å². The second-order valence-electron chi connectivity index (χ2n) is 4.24. The number of benzene rings is 1. The van der Waals surface area contributed by atoms with Gasteiger partial charge in [0.1, 0.15) is 0 Å². The van der Waals surface area contributed by atoms with Crippen molar-refractivity contribution in [3.63, 3.8) is 0 Å². The van der Waals surface area contributed by atoms with Crippen LogP contribution >= 0.6 is 0 Å². The first-order valence-corrected chi connectivity index (χ1v) is 5.46. The van der Waals surface area contributed by atoms with Crippen molar-refractivity contribution in [1.82, 2.24) is 5.32 Å². The number of carbonyl (C=O) groups excluding carboxylic acids is 2. The largest absolute Gasteiger partial charge is 0.359 e. The third-order valence-electron chi connectivity index (χ3n) is 3.21. The summed E-state index contributed by atoms with van der Waals surface area (Å²) in [4.78, 5) is 23.5. The predicted octanol–water partition coefficient (Wildman–Crippen LogP) is 1.49. The first kappa shape index (κ1) is 10.9. The van der Waals surface area contributed by atoms with Crippen molar-refractivity contribution in [3.8, 4) is 0 Å². The van der Waals surface area contributed by atoms with Gasteiger partial charge in [0.2, 0.25) is 5.91 Å². The SMILES string of the molecule is CNC(=O)C1CC(=O)c2cccc(C)c2C1. The number of amides is 1. The number of ketones is 1. The van der Waals surface area contributed by atoms with Gasteiger partial charge in [0.05, 0.1) is 0 Å². The van der Waals surface area contributed by atoms with Crippen LogP contribution < -0.4 is 5.32 Å². The summed E-state index contributed by atoms with van der Waals surface area (Å²) < 4.78 is 0. The fraction of sp³-hybridized carbons (Fsp3) is 0.385. The topological polar surface area (TPSA) is 46.2 Å². The molecule has 0 aliphatic heterocycles. The average molecular weight is 217 g/mol. The molecule has 0 fully saturated rings. The molecule has 0 spiro atoms. The van der Waals surface area contributed by atoms with Crippen LogP contribution in [0.25, 0.3) is 0 Å². The minimum Gasteiger partial charge on any atom is -0.359 e. The van der Waals surface area contributed by atoms with Crippen LogP contribution in [-0.2, 0) is 11.2 Å². The molecule has 1 aliphatic carbocycles. The van der Waals surface area contributed by atoms with Gasteiger partial charge in [-0.1, -0.05) is 18.2 Å². The van der Waals surface area contributed by atoms with E-state index in [-0.39, 0.29) is 17.6 Å². The maximum absolute atomic E-state index is 11.9. The molecule has 1 aromatic carbocycles. The fourth-order valence-electron chi connectivity index (χ4n) is 2.28. The first-order chi connectivity index (χ1) is 7.63. The first-order valence-electron chi connectivity index (χ1n) is 5.46. The number of hydrogen-bond acceptors (Lipinski definition) is 2. The highest BCUT2D eigenvalue weighted by Crippen LogP contribution is 2.27. The molecule has 0 saturated heterocycles. The average Bonchev–Trinajstić information content (AvgIpc) is 2.29. The van der Waals surface area contributed by atoms with Gasteiger partial charge < -0.3 is 5.32 Å². The van der Waals surface area contributed by atoms with Crippen molar-refractivity contribution >= 4 is 11.7 Å². The molecule has 1 N–H and O–H groups in total. The van der Waals surface area contributed by atoms with Gasteiger partial charge in [0, 0.05) is 24.9 Å². The molecule has 0 heterocycles. The van der Waals surface area contributed by atoms with E-state index in [1.807, 2.05) is 25.1 Å². The van der Waals surface area contributed by atoms with Crippen LogP contribution in [0.1, 0.15) is 27.9 Å². The molecule has 1 unspecified atom stereocenters. The van der Waals surface area contributed by atoms with E-state index in [1.165, 1.54) is 0 Å². The van der Waals surface area contributed by atoms with Gasteiger partial charge in [0.15, 0.2) is 5.78 Å². The molecule has 0 radical (unpaired) electrons. The summed E-state index contributed by atoms with van der Waals surface area (Å²) in [5.74, 6) is -0.160. The summed E-state index contributed by atoms with van der Waals surface area (Å²) in [5.41, 5.74) is 2.92. The Morgan fingerprint density at radius 1 is 1.38 bits per heavy atom. The van der Waals surface area contributed by atoms with Crippen LogP contribution in [0.3, 0.4) is 0 Å². The summed E-state index contributed by atoms with van der Waals surface area (Å²) >= 11 is 0. The molecule has 84 valence electrons. The lowest BCUT2D eigenvalue weighted by molar-refractivity contribution is -0.124. The lowest BCUT2D eigenvalue weighted by atomic mass is 9.81. The molecular weight excluding hydrogens is 202 g/mol. The highest BCUT2D eigenvalue weighted by atomic mass is 16.2. The van der Waals surface area contributed by atoms with Gasteiger partial charge in [0.25, 0.3) is 0 Å². The quantitative estimate of drug-likeness (QED) is 0.774. The van der Waals surface area contributed by atoms with Crippen LogP contribution in [0.2, 0.25) is 0 Å². The molecule has 1 atom stereocenters.